The molecule has 1 aromatic heterocycles. The number of nitrogens with zero attached hydrogens (tertiary/aromatic N) is 1. The van der Waals surface area contributed by atoms with Crippen molar-refractivity contribution in [1.82, 2.24) is 4.57 Å². The number of rotatable bonds is 3. The van der Waals surface area contributed by atoms with Gasteiger partial charge in [-0.25, -0.2) is 4.79 Å². The second kappa shape index (κ2) is 6.78. The van der Waals surface area contributed by atoms with E-state index in [1.807, 2.05) is 0 Å². The number of aromatic nitrogens is 1. The van der Waals surface area contributed by atoms with Crippen LogP contribution in [-0.2, 0) is 35.4 Å². The second-order valence-electron chi connectivity index (χ2n) is 7.56. The number of carbonyl (C=O) groups is 1. The van der Waals surface area contributed by atoms with Gasteiger partial charge in [-0.2, -0.15) is 0 Å². The number of ether oxygens (including phenoxy) is 1. The molecule has 4 radical (unpaired) electrons. The minimum Gasteiger partial charge on any atom is -0.508 e. The van der Waals surface area contributed by atoms with E-state index in [0.29, 0.717) is 18.6 Å². The largest absolute Gasteiger partial charge is 0.508 e. The SMILES string of the molecule is CCOC(=O)C1CC2(CC2[Si](C)(C)C)c2cc(O)cc(=O)n21.[C].[Pd]. The van der Waals surface area contributed by atoms with Gasteiger partial charge in [0.05, 0.1) is 6.61 Å². The van der Waals surface area contributed by atoms with Crippen LogP contribution >= 0.6 is 0 Å². The fourth-order valence-corrected chi connectivity index (χ4v) is 7.09. The molecule has 24 heavy (non-hydrogen) atoms. The summed E-state index contributed by atoms with van der Waals surface area (Å²) in [6.07, 6.45) is 1.63. The first-order chi connectivity index (χ1) is 10.2. The van der Waals surface area contributed by atoms with Crippen LogP contribution in [0.4, 0.5) is 0 Å². The molecule has 5 nitrogen and oxygen atoms in total. The number of aromatic hydroxyl groups is 1. The zero-order valence-corrected chi connectivity index (χ0v) is 16.9. The van der Waals surface area contributed by atoms with Gasteiger partial charge in [0.15, 0.2) is 0 Å². The number of fused-ring (bicyclic) bond motifs is 2. The van der Waals surface area contributed by atoms with Crippen LogP contribution in [0.15, 0.2) is 16.9 Å². The van der Waals surface area contributed by atoms with E-state index in [1.165, 1.54) is 6.07 Å². The van der Waals surface area contributed by atoms with E-state index in [9.17, 15) is 14.7 Å². The number of esters is 1. The number of hydrogen-bond donors (Lipinski definition) is 1. The Bertz CT molecular complexity index is 697. The van der Waals surface area contributed by atoms with Crippen LogP contribution in [0.25, 0.3) is 0 Å². The normalized spacial score (nSPS) is 27.0. The maximum absolute atomic E-state index is 12.3. The maximum atomic E-state index is 12.3. The molecule has 0 saturated heterocycles. The van der Waals surface area contributed by atoms with Crippen LogP contribution in [0, 0.1) is 7.43 Å². The van der Waals surface area contributed by atoms with Crippen molar-refractivity contribution in [2.75, 3.05) is 6.61 Å². The Hall–Kier alpha value is -0.901. The molecule has 2 aliphatic rings. The van der Waals surface area contributed by atoms with Crippen LogP contribution in [-0.4, -0.2) is 30.3 Å². The van der Waals surface area contributed by atoms with E-state index in [1.54, 1.807) is 17.6 Å². The monoisotopic (exact) mass is 439 g/mol. The minimum absolute atomic E-state index is 0. The van der Waals surface area contributed by atoms with Crippen molar-refractivity contribution in [3.05, 3.63) is 35.6 Å². The average Bonchev–Trinajstić information content (AvgIpc) is 3.03. The van der Waals surface area contributed by atoms with Crippen molar-refractivity contribution in [2.45, 2.75) is 56.4 Å². The number of pyridine rings is 1. The Kier molecular flexibility index (Phi) is 5.97. The van der Waals surface area contributed by atoms with E-state index < -0.39 is 14.1 Å². The minimum atomic E-state index is -1.40. The molecule has 3 unspecified atom stereocenters. The molecular formula is C17H23NO4PdSi. The summed E-state index contributed by atoms with van der Waals surface area (Å²) in [5.41, 5.74) is 0.917. The summed E-state index contributed by atoms with van der Waals surface area (Å²) >= 11 is 0. The summed E-state index contributed by atoms with van der Waals surface area (Å²) in [4.78, 5) is 24.6. The van der Waals surface area contributed by atoms with Gasteiger partial charge < -0.3 is 9.84 Å². The fourth-order valence-electron chi connectivity index (χ4n) is 4.19. The molecule has 1 aliphatic carbocycles. The summed E-state index contributed by atoms with van der Waals surface area (Å²) in [6, 6.07) is 2.30. The molecule has 0 amide bonds. The smallest absolute Gasteiger partial charge is 0.329 e. The van der Waals surface area contributed by atoms with Crippen molar-refractivity contribution < 1.29 is 35.1 Å². The first kappa shape index (κ1) is 21.1. The first-order valence-corrected chi connectivity index (χ1v) is 11.4. The van der Waals surface area contributed by atoms with Gasteiger partial charge in [0.2, 0.25) is 0 Å². The molecule has 7 heteroatoms. The van der Waals surface area contributed by atoms with Crippen molar-refractivity contribution in [3.8, 4) is 5.75 Å². The summed E-state index contributed by atoms with van der Waals surface area (Å²) in [5, 5.41) is 9.84. The van der Waals surface area contributed by atoms with Crippen LogP contribution in [0.5, 0.6) is 5.75 Å². The quantitative estimate of drug-likeness (QED) is 0.580. The van der Waals surface area contributed by atoms with Crippen LogP contribution in [0.3, 0.4) is 0 Å². The molecule has 1 spiro atoms. The first-order valence-electron chi connectivity index (χ1n) is 7.83. The predicted octanol–water partition coefficient (Wildman–Crippen LogP) is 2.49. The summed E-state index contributed by atoms with van der Waals surface area (Å²) in [6.45, 7) is 9.02. The van der Waals surface area contributed by atoms with Gasteiger partial charge in [0.25, 0.3) is 5.56 Å². The van der Waals surface area contributed by atoms with Crippen LogP contribution in [0.1, 0.15) is 31.5 Å². The van der Waals surface area contributed by atoms with Gasteiger partial charge in [0.1, 0.15) is 11.8 Å². The maximum Gasteiger partial charge on any atom is 0.329 e. The third-order valence-corrected chi connectivity index (χ3v) is 7.96. The zero-order chi connectivity index (χ0) is 16.3. The van der Waals surface area contributed by atoms with Gasteiger partial charge in [-0.1, -0.05) is 19.6 Å². The third-order valence-electron chi connectivity index (χ3n) is 5.11. The van der Waals surface area contributed by atoms with Crippen molar-refractivity contribution in [1.29, 1.82) is 0 Å². The molecule has 2 heterocycles. The molecular weight excluding hydrogens is 417 g/mol. The van der Waals surface area contributed by atoms with E-state index in [4.69, 9.17) is 4.74 Å². The van der Waals surface area contributed by atoms with E-state index in [0.717, 1.165) is 12.1 Å². The summed E-state index contributed by atoms with van der Waals surface area (Å²) in [5.74, 6) is -0.351. The van der Waals surface area contributed by atoms with Crippen LogP contribution in [0.2, 0.25) is 25.2 Å². The standard InChI is InChI=1S/C16H23NO4Si.C.Pd/c1-5-21-15(20)11-8-16(9-13(16)22(2,3)4)12-6-10(18)7-14(19)17(11)12;;/h6-7,11,13,18H,5,8-9H2,1-4H3;;. The van der Waals surface area contributed by atoms with Crippen molar-refractivity contribution in [2.24, 2.45) is 0 Å². The molecule has 0 bridgehead atoms. The average molecular weight is 440 g/mol. The van der Waals surface area contributed by atoms with Crippen molar-refractivity contribution in [3.63, 3.8) is 0 Å². The number of hydrogen-bond acceptors (Lipinski definition) is 4. The second-order valence-corrected chi connectivity index (χ2v) is 13.0. The van der Waals surface area contributed by atoms with E-state index in [-0.39, 0.29) is 50.5 Å². The van der Waals surface area contributed by atoms with E-state index in [2.05, 4.69) is 19.6 Å². The fraction of sp³-hybridized carbons (Fsp3) is 0.588. The van der Waals surface area contributed by atoms with Crippen LogP contribution < -0.4 is 5.56 Å². The Morgan fingerprint density at radius 1 is 1.38 bits per heavy atom. The molecule has 134 valence electrons. The van der Waals surface area contributed by atoms with E-state index >= 15 is 0 Å². The Morgan fingerprint density at radius 3 is 2.50 bits per heavy atom. The number of carbonyl (C=O) groups excluding carboxylic acids is 1. The van der Waals surface area contributed by atoms with Crippen molar-refractivity contribution >= 4 is 14.0 Å². The topological polar surface area (TPSA) is 68.5 Å². The molecule has 1 N–H and O–H groups in total. The zero-order valence-electron chi connectivity index (χ0n) is 14.4. The molecule has 1 fully saturated rings. The Morgan fingerprint density at radius 2 is 2.00 bits per heavy atom. The molecule has 0 aromatic carbocycles. The summed E-state index contributed by atoms with van der Waals surface area (Å²) in [7, 11) is -1.40. The van der Waals surface area contributed by atoms with Gasteiger partial charge >= 0.3 is 5.97 Å². The van der Waals surface area contributed by atoms with Gasteiger partial charge in [-0.15, -0.1) is 0 Å². The summed E-state index contributed by atoms with van der Waals surface area (Å²) < 4.78 is 6.71. The molecule has 1 aromatic rings. The Labute approximate surface area is 158 Å². The van der Waals surface area contributed by atoms with Gasteiger partial charge in [-0.3, -0.25) is 9.36 Å². The predicted molar refractivity (Wildman–Crippen MR) is 89.3 cm³/mol. The van der Waals surface area contributed by atoms with Gasteiger partial charge in [-0.05, 0) is 25.3 Å². The van der Waals surface area contributed by atoms with Gasteiger partial charge in [0, 0.05) is 59.2 Å². The molecule has 1 saturated carbocycles. The Balaban J connectivity index is 0.00000144. The molecule has 3 atom stereocenters. The molecule has 1 aliphatic heterocycles. The molecule has 3 rings (SSSR count). The third kappa shape index (κ3) is 3.14.